The normalized spacial score (nSPS) is 8.58. The van der Waals surface area contributed by atoms with Gasteiger partial charge in [-0.1, -0.05) is 13.8 Å². The topological polar surface area (TPSA) is 38.9 Å². The average Bonchev–Trinajstić information content (AvgIpc) is 1.88. The molecule has 0 aliphatic heterocycles. The van der Waals surface area contributed by atoms with Crippen LogP contribution in [0.4, 0.5) is 5.69 Å². The molecule has 12 heavy (non-hydrogen) atoms. The van der Waals surface area contributed by atoms with Crippen LogP contribution in [0.15, 0.2) is 18.5 Å². The molecule has 1 aromatic rings. The van der Waals surface area contributed by atoms with E-state index in [1.807, 2.05) is 6.07 Å². The van der Waals surface area contributed by atoms with Gasteiger partial charge in [0.25, 0.3) is 0 Å². The first-order valence-corrected chi connectivity index (χ1v) is 3.41. The lowest BCUT2D eigenvalue weighted by atomic mass is 10.0. The van der Waals surface area contributed by atoms with Crippen LogP contribution in [0, 0.1) is 0 Å². The van der Waals surface area contributed by atoms with Crippen molar-refractivity contribution >= 4 is 30.5 Å². The van der Waals surface area contributed by atoms with Gasteiger partial charge in [-0.3, -0.25) is 4.98 Å². The van der Waals surface area contributed by atoms with E-state index in [1.165, 1.54) is 5.56 Å². The zero-order valence-electron chi connectivity index (χ0n) is 7.15. The Morgan fingerprint density at radius 2 is 1.92 bits per heavy atom. The summed E-state index contributed by atoms with van der Waals surface area (Å²) in [6, 6.07) is 1.96. The molecule has 0 aromatic carbocycles. The van der Waals surface area contributed by atoms with Crippen molar-refractivity contribution in [3.05, 3.63) is 24.0 Å². The fourth-order valence-electron chi connectivity index (χ4n) is 0.943. The van der Waals surface area contributed by atoms with Crippen molar-refractivity contribution in [3.8, 4) is 0 Å². The lowest BCUT2D eigenvalue weighted by molar-refractivity contribution is 0.866. The minimum Gasteiger partial charge on any atom is -0.397 e. The standard InChI is InChI=1S/C8H12N2.2ClH/c1-6(2)7-3-4-10-5-8(7)9;;/h3-6H,9H2,1-2H3;2*1H. The predicted octanol–water partition coefficient (Wildman–Crippen LogP) is 2.63. The molecule has 1 rings (SSSR count). The monoisotopic (exact) mass is 208 g/mol. The fourth-order valence-corrected chi connectivity index (χ4v) is 0.943. The van der Waals surface area contributed by atoms with E-state index >= 15 is 0 Å². The molecule has 0 aliphatic carbocycles. The van der Waals surface area contributed by atoms with Crippen molar-refractivity contribution in [2.24, 2.45) is 0 Å². The highest BCUT2D eigenvalue weighted by molar-refractivity contribution is 5.85. The van der Waals surface area contributed by atoms with E-state index in [4.69, 9.17) is 5.73 Å². The number of anilines is 1. The fraction of sp³-hybridized carbons (Fsp3) is 0.375. The summed E-state index contributed by atoms with van der Waals surface area (Å²) in [6.45, 7) is 4.23. The van der Waals surface area contributed by atoms with Gasteiger partial charge in [0.2, 0.25) is 0 Å². The third kappa shape index (κ3) is 3.28. The van der Waals surface area contributed by atoms with Crippen molar-refractivity contribution in [1.82, 2.24) is 4.98 Å². The summed E-state index contributed by atoms with van der Waals surface area (Å²) >= 11 is 0. The van der Waals surface area contributed by atoms with E-state index < -0.39 is 0 Å². The Bertz CT molecular complexity index is 226. The predicted molar refractivity (Wildman–Crippen MR) is 57.2 cm³/mol. The number of aromatic nitrogens is 1. The third-order valence-electron chi connectivity index (χ3n) is 1.51. The molecule has 0 bridgehead atoms. The minimum absolute atomic E-state index is 0. The zero-order chi connectivity index (χ0) is 7.56. The van der Waals surface area contributed by atoms with E-state index in [1.54, 1.807) is 12.4 Å². The SMILES string of the molecule is CC(C)c1ccncc1N.Cl.Cl. The molecule has 0 saturated heterocycles. The first-order chi connectivity index (χ1) is 4.72. The Morgan fingerprint density at radius 1 is 1.33 bits per heavy atom. The molecule has 0 atom stereocenters. The third-order valence-corrected chi connectivity index (χ3v) is 1.51. The molecule has 0 aliphatic rings. The van der Waals surface area contributed by atoms with Gasteiger partial charge in [0, 0.05) is 6.20 Å². The van der Waals surface area contributed by atoms with Crippen molar-refractivity contribution in [2.45, 2.75) is 19.8 Å². The molecule has 0 fully saturated rings. The van der Waals surface area contributed by atoms with Gasteiger partial charge in [0.15, 0.2) is 0 Å². The zero-order valence-corrected chi connectivity index (χ0v) is 8.78. The Labute approximate surface area is 85.4 Å². The first kappa shape index (κ1) is 14.1. The molecular weight excluding hydrogens is 195 g/mol. The lowest BCUT2D eigenvalue weighted by Gasteiger charge is -2.06. The summed E-state index contributed by atoms with van der Waals surface area (Å²) in [5.41, 5.74) is 7.62. The molecule has 0 radical (unpaired) electrons. The molecule has 0 spiro atoms. The van der Waals surface area contributed by atoms with Gasteiger partial charge < -0.3 is 5.73 Å². The summed E-state index contributed by atoms with van der Waals surface area (Å²) in [5, 5.41) is 0. The first-order valence-electron chi connectivity index (χ1n) is 3.41. The number of hydrogen-bond donors (Lipinski definition) is 1. The highest BCUT2D eigenvalue weighted by atomic mass is 35.5. The maximum absolute atomic E-state index is 5.66. The number of nitrogens with zero attached hydrogens (tertiary/aromatic N) is 1. The highest BCUT2D eigenvalue weighted by Crippen LogP contribution is 2.18. The Kier molecular flexibility index (Phi) is 7.15. The summed E-state index contributed by atoms with van der Waals surface area (Å²) < 4.78 is 0. The van der Waals surface area contributed by atoms with Crippen LogP contribution in [0.25, 0.3) is 0 Å². The van der Waals surface area contributed by atoms with E-state index in [0.717, 1.165) is 5.69 Å². The van der Waals surface area contributed by atoms with E-state index in [9.17, 15) is 0 Å². The largest absolute Gasteiger partial charge is 0.397 e. The maximum Gasteiger partial charge on any atom is 0.0535 e. The van der Waals surface area contributed by atoms with E-state index in [0.29, 0.717) is 5.92 Å². The molecule has 0 unspecified atom stereocenters. The molecular formula is C8H14Cl2N2. The Balaban J connectivity index is 0. The summed E-state index contributed by atoms with van der Waals surface area (Å²) in [7, 11) is 0. The second kappa shape index (κ2) is 6.09. The molecule has 2 N–H and O–H groups in total. The summed E-state index contributed by atoms with van der Waals surface area (Å²) in [5.74, 6) is 0.489. The summed E-state index contributed by atoms with van der Waals surface area (Å²) in [4.78, 5) is 3.90. The van der Waals surface area contributed by atoms with Gasteiger partial charge >= 0.3 is 0 Å². The van der Waals surface area contributed by atoms with Crippen molar-refractivity contribution in [1.29, 1.82) is 0 Å². The van der Waals surface area contributed by atoms with Crippen LogP contribution in [-0.2, 0) is 0 Å². The minimum atomic E-state index is 0. The number of nitrogens with two attached hydrogens (primary N) is 1. The van der Waals surface area contributed by atoms with Gasteiger partial charge in [-0.25, -0.2) is 0 Å². The summed E-state index contributed by atoms with van der Waals surface area (Å²) in [6.07, 6.45) is 3.46. The molecule has 1 aromatic heterocycles. The maximum atomic E-state index is 5.66. The molecule has 0 saturated carbocycles. The van der Waals surface area contributed by atoms with Gasteiger partial charge in [-0.2, -0.15) is 0 Å². The molecule has 0 amide bonds. The van der Waals surface area contributed by atoms with Crippen LogP contribution in [0.3, 0.4) is 0 Å². The smallest absolute Gasteiger partial charge is 0.0535 e. The second-order valence-corrected chi connectivity index (χ2v) is 2.66. The van der Waals surface area contributed by atoms with Crippen LogP contribution in [0.1, 0.15) is 25.3 Å². The second-order valence-electron chi connectivity index (χ2n) is 2.66. The van der Waals surface area contributed by atoms with Gasteiger partial charge in [0.1, 0.15) is 0 Å². The van der Waals surface area contributed by atoms with Crippen molar-refractivity contribution in [3.63, 3.8) is 0 Å². The van der Waals surface area contributed by atoms with Crippen LogP contribution in [-0.4, -0.2) is 4.98 Å². The molecule has 4 heteroatoms. The number of pyridine rings is 1. The van der Waals surface area contributed by atoms with Gasteiger partial charge in [-0.15, -0.1) is 24.8 Å². The van der Waals surface area contributed by atoms with Crippen LogP contribution in [0.5, 0.6) is 0 Å². The lowest BCUT2D eigenvalue weighted by Crippen LogP contribution is -1.96. The van der Waals surface area contributed by atoms with Crippen molar-refractivity contribution < 1.29 is 0 Å². The highest BCUT2D eigenvalue weighted by Gasteiger charge is 2.01. The number of rotatable bonds is 1. The number of nitrogen functional groups attached to an aromatic ring is 1. The van der Waals surface area contributed by atoms with Gasteiger partial charge in [-0.05, 0) is 17.5 Å². The van der Waals surface area contributed by atoms with Crippen LogP contribution >= 0.6 is 24.8 Å². The Morgan fingerprint density at radius 3 is 2.25 bits per heavy atom. The molecule has 2 nitrogen and oxygen atoms in total. The molecule has 70 valence electrons. The average molecular weight is 209 g/mol. The van der Waals surface area contributed by atoms with E-state index in [-0.39, 0.29) is 24.8 Å². The molecule has 1 heterocycles. The Hall–Kier alpha value is -0.470. The quantitative estimate of drug-likeness (QED) is 0.772. The van der Waals surface area contributed by atoms with Crippen LogP contribution < -0.4 is 5.73 Å². The van der Waals surface area contributed by atoms with Crippen molar-refractivity contribution in [2.75, 3.05) is 5.73 Å². The number of hydrogen-bond acceptors (Lipinski definition) is 2. The van der Waals surface area contributed by atoms with Gasteiger partial charge in [0.05, 0.1) is 11.9 Å². The number of halogens is 2. The van der Waals surface area contributed by atoms with E-state index in [2.05, 4.69) is 18.8 Å². The van der Waals surface area contributed by atoms with Crippen LogP contribution in [0.2, 0.25) is 0 Å².